The van der Waals surface area contributed by atoms with Gasteiger partial charge in [0.1, 0.15) is 5.82 Å². The summed E-state index contributed by atoms with van der Waals surface area (Å²) in [5.74, 6) is -2.51. The van der Waals surface area contributed by atoms with Crippen molar-refractivity contribution in [3.63, 3.8) is 0 Å². The Kier molecular flexibility index (Phi) is 4.37. The van der Waals surface area contributed by atoms with Crippen molar-refractivity contribution in [1.29, 1.82) is 0 Å². The predicted octanol–water partition coefficient (Wildman–Crippen LogP) is 1.88. The van der Waals surface area contributed by atoms with Crippen LogP contribution in [-0.4, -0.2) is 26.8 Å². The van der Waals surface area contributed by atoms with Gasteiger partial charge in [0.2, 0.25) is 0 Å². The summed E-state index contributed by atoms with van der Waals surface area (Å²) >= 11 is 2.98. The van der Waals surface area contributed by atoms with E-state index < -0.39 is 23.7 Å². The molecule has 110 valence electrons. The average molecular weight is 356 g/mol. The largest absolute Gasteiger partial charge is 0.479 e. The molecule has 1 aromatic heterocycles. The quantitative estimate of drug-likeness (QED) is 0.876. The molecule has 0 saturated carbocycles. The number of halogens is 2. The van der Waals surface area contributed by atoms with Crippen LogP contribution >= 0.6 is 15.9 Å². The van der Waals surface area contributed by atoms with Gasteiger partial charge in [0.05, 0.1) is 10.7 Å². The number of carboxylic acids is 1. The number of carbonyl (C=O) groups is 2. The van der Waals surface area contributed by atoms with Gasteiger partial charge in [-0.05, 0) is 34.1 Å². The summed E-state index contributed by atoms with van der Waals surface area (Å²) < 4.78 is 15.1. The summed E-state index contributed by atoms with van der Waals surface area (Å²) in [6.45, 7) is 0. The van der Waals surface area contributed by atoms with Crippen LogP contribution in [0.4, 0.5) is 4.39 Å². The van der Waals surface area contributed by atoms with E-state index in [0.717, 1.165) is 6.07 Å². The van der Waals surface area contributed by atoms with E-state index in [9.17, 15) is 19.1 Å². The van der Waals surface area contributed by atoms with Gasteiger partial charge in [-0.25, -0.2) is 9.18 Å². The van der Waals surface area contributed by atoms with Crippen LogP contribution in [0.25, 0.3) is 0 Å². The van der Waals surface area contributed by atoms with Gasteiger partial charge in [0, 0.05) is 24.4 Å². The molecule has 2 N–H and O–H groups in total. The zero-order chi connectivity index (χ0) is 15.6. The first-order chi connectivity index (χ1) is 9.88. The van der Waals surface area contributed by atoms with Crippen LogP contribution in [0.15, 0.2) is 35.1 Å². The number of carboxylic acid groups (broad SMARTS) is 1. The highest BCUT2D eigenvalue weighted by Gasteiger charge is 2.24. The Balaban J connectivity index is 2.22. The molecule has 0 fully saturated rings. The summed E-state index contributed by atoms with van der Waals surface area (Å²) in [5, 5.41) is 15.4. The Morgan fingerprint density at radius 2 is 2.19 bits per heavy atom. The van der Waals surface area contributed by atoms with Gasteiger partial charge in [0.25, 0.3) is 5.91 Å². The number of nitrogens with zero attached hydrogens (tertiary/aromatic N) is 2. The van der Waals surface area contributed by atoms with Gasteiger partial charge >= 0.3 is 5.97 Å². The lowest BCUT2D eigenvalue weighted by molar-refractivity contribution is -0.139. The van der Waals surface area contributed by atoms with Crippen molar-refractivity contribution in [1.82, 2.24) is 15.1 Å². The molecular formula is C13H11BrFN3O3. The number of benzene rings is 1. The Bertz CT molecular complexity index is 702. The van der Waals surface area contributed by atoms with Crippen LogP contribution in [0.5, 0.6) is 0 Å². The summed E-state index contributed by atoms with van der Waals surface area (Å²) in [6.07, 6.45) is 2.84. The van der Waals surface area contributed by atoms with E-state index in [-0.39, 0.29) is 10.0 Å². The molecule has 8 heteroatoms. The molecule has 0 radical (unpaired) electrons. The number of hydrogen-bond donors (Lipinski definition) is 2. The minimum atomic E-state index is -1.25. The second-order valence-corrected chi connectivity index (χ2v) is 5.18. The van der Waals surface area contributed by atoms with Crippen LogP contribution in [-0.2, 0) is 11.8 Å². The van der Waals surface area contributed by atoms with Gasteiger partial charge in [-0.15, -0.1) is 0 Å². The molecule has 1 heterocycles. The van der Waals surface area contributed by atoms with Crippen molar-refractivity contribution in [2.45, 2.75) is 6.04 Å². The molecule has 0 saturated heterocycles. The molecule has 1 amide bonds. The Morgan fingerprint density at radius 1 is 1.48 bits per heavy atom. The molecule has 0 spiro atoms. The summed E-state index contributed by atoms with van der Waals surface area (Å²) in [6, 6.07) is 2.55. The molecular weight excluding hydrogens is 345 g/mol. The Labute approximate surface area is 127 Å². The molecule has 0 aliphatic carbocycles. The fourth-order valence-electron chi connectivity index (χ4n) is 1.73. The standard InChI is InChI=1S/C13H11BrFN3O3/c1-18-6-8(5-16-18)11(13(20)21)17-12(19)7-2-3-9(14)10(15)4-7/h2-6,11H,1H3,(H,17,19)(H,20,21). The van der Waals surface area contributed by atoms with Crippen molar-refractivity contribution in [2.24, 2.45) is 7.05 Å². The van der Waals surface area contributed by atoms with Crippen molar-refractivity contribution in [2.75, 3.05) is 0 Å². The van der Waals surface area contributed by atoms with E-state index in [0.29, 0.717) is 5.56 Å². The van der Waals surface area contributed by atoms with Crippen molar-refractivity contribution < 1.29 is 19.1 Å². The lowest BCUT2D eigenvalue weighted by Gasteiger charge is -2.13. The fraction of sp³-hybridized carbons (Fsp3) is 0.154. The fourth-order valence-corrected chi connectivity index (χ4v) is 1.98. The third kappa shape index (κ3) is 3.46. The minimum Gasteiger partial charge on any atom is -0.479 e. The zero-order valence-corrected chi connectivity index (χ0v) is 12.5. The molecule has 2 aromatic rings. The SMILES string of the molecule is Cn1cc(C(NC(=O)c2ccc(Br)c(F)c2)C(=O)O)cn1. The summed E-state index contributed by atoms with van der Waals surface area (Å²) in [7, 11) is 1.63. The Morgan fingerprint density at radius 3 is 2.71 bits per heavy atom. The monoisotopic (exact) mass is 355 g/mol. The number of aliphatic carboxylic acids is 1. The normalized spacial score (nSPS) is 12.0. The highest BCUT2D eigenvalue weighted by atomic mass is 79.9. The van der Waals surface area contributed by atoms with Crippen LogP contribution in [0.3, 0.4) is 0 Å². The first kappa shape index (κ1) is 15.2. The highest BCUT2D eigenvalue weighted by molar-refractivity contribution is 9.10. The van der Waals surface area contributed by atoms with Gasteiger partial charge in [-0.3, -0.25) is 9.48 Å². The number of carbonyl (C=O) groups excluding carboxylic acids is 1. The van der Waals surface area contributed by atoms with Crippen molar-refractivity contribution in [3.8, 4) is 0 Å². The minimum absolute atomic E-state index is 0.0332. The zero-order valence-electron chi connectivity index (χ0n) is 10.9. The van der Waals surface area contributed by atoms with E-state index in [2.05, 4.69) is 26.3 Å². The number of aryl methyl sites for hydroxylation is 1. The third-order valence-electron chi connectivity index (χ3n) is 2.76. The second-order valence-electron chi connectivity index (χ2n) is 4.32. The van der Waals surface area contributed by atoms with Crippen LogP contribution < -0.4 is 5.32 Å². The van der Waals surface area contributed by atoms with E-state index in [4.69, 9.17) is 0 Å². The van der Waals surface area contributed by atoms with Crippen molar-refractivity contribution >= 4 is 27.8 Å². The number of amides is 1. The summed E-state index contributed by atoms with van der Waals surface area (Å²) in [5.41, 5.74) is 0.363. The van der Waals surface area contributed by atoms with E-state index in [1.807, 2.05) is 0 Å². The molecule has 1 unspecified atom stereocenters. The van der Waals surface area contributed by atoms with E-state index >= 15 is 0 Å². The first-order valence-electron chi connectivity index (χ1n) is 5.85. The smallest absolute Gasteiger partial charge is 0.331 e. The third-order valence-corrected chi connectivity index (χ3v) is 3.41. The number of aromatic nitrogens is 2. The number of hydrogen-bond acceptors (Lipinski definition) is 3. The second kappa shape index (κ2) is 6.04. The van der Waals surface area contributed by atoms with Crippen LogP contribution in [0, 0.1) is 5.82 Å². The van der Waals surface area contributed by atoms with Gasteiger partial charge in [-0.1, -0.05) is 0 Å². The Hall–Kier alpha value is -2.22. The molecule has 1 atom stereocenters. The molecule has 2 rings (SSSR count). The lowest BCUT2D eigenvalue weighted by Crippen LogP contribution is -2.33. The average Bonchev–Trinajstić information content (AvgIpc) is 2.84. The maximum Gasteiger partial charge on any atom is 0.331 e. The predicted molar refractivity (Wildman–Crippen MR) is 75.2 cm³/mol. The maximum absolute atomic E-state index is 13.4. The highest BCUT2D eigenvalue weighted by Crippen LogP contribution is 2.18. The number of rotatable bonds is 4. The van der Waals surface area contributed by atoms with Crippen molar-refractivity contribution in [3.05, 3.63) is 52.0 Å². The van der Waals surface area contributed by atoms with Gasteiger partial charge in [-0.2, -0.15) is 5.10 Å². The van der Waals surface area contributed by atoms with E-state index in [1.165, 1.54) is 29.2 Å². The molecule has 1 aromatic carbocycles. The summed E-state index contributed by atoms with van der Waals surface area (Å²) in [4.78, 5) is 23.3. The molecule has 0 aliphatic rings. The lowest BCUT2D eigenvalue weighted by atomic mass is 10.1. The molecule has 21 heavy (non-hydrogen) atoms. The van der Waals surface area contributed by atoms with Gasteiger partial charge < -0.3 is 10.4 Å². The molecule has 0 bridgehead atoms. The van der Waals surface area contributed by atoms with E-state index in [1.54, 1.807) is 7.05 Å². The maximum atomic E-state index is 13.4. The molecule has 6 nitrogen and oxygen atoms in total. The van der Waals surface area contributed by atoms with Crippen LogP contribution in [0.1, 0.15) is 22.0 Å². The topological polar surface area (TPSA) is 84.2 Å². The van der Waals surface area contributed by atoms with Crippen LogP contribution in [0.2, 0.25) is 0 Å². The first-order valence-corrected chi connectivity index (χ1v) is 6.65. The van der Waals surface area contributed by atoms with Gasteiger partial charge in [0.15, 0.2) is 6.04 Å². The number of nitrogens with one attached hydrogen (secondary N) is 1. The molecule has 0 aliphatic heterocycles.